The lowest BCUT2D eigenvalue weighted by molar-refractivity contribution is -0.215. The number of carbonyl (C=O) groups is 1. The Morgan fingerprint density at radius 2 is 2.05 bits per heavy atom. The molecular formula is C18H30O4. The van der Waals surface area contributed by atoms with Gasteiger partial charge in [0.05, 0.1) is 5.60 Å². The number of ether oxygens (including phenoxy) is 3. The molecule has 0 amide bonds. The molecule has 3 fully saturated rings. The van der Waals surface area contributed by atoms with Crippen molar-refractivity contribution in [2.45, 2.75) is 70.7 Å². The molecule has 1 saturated carbocycles. The summed E-state index contributed by atoms with van der Waals surface area (Å²) in [7, 11) is 1.52. The van der Waals surface area contributed by atoms with Crippen LogP contribution in [0.3, 0.4) is 0 Å². The van der Waals surface area contributed by atoms with E-state index in [1.807, 2.05) is 0 Å². The van der Waals surface area contributed by atoms with Gasteiger partial charge in [-0.3, -0.25) is 0 Å². The number of fused-ring (bicyclic) bond motifs is 4. The smallest absolute Gasteiger partial charge is 0.332 e. The minimum Gasteiger partial charge on any atom is -0.457 e. The Hall–Kier alpha value is -0.610. The maximum absolute atomic E-state index is 12.0. The van der Waals surface area contributed by atoms with Crippen LogP contribution in [0.5, 0.6) is 0 Å². The van der Waals surface area contributed by atoms with Crippen LogP contribution in [-0.2, 0) is 19.0 Å². The van der Waals surface area contributed by atoms with Gasteiger partial charge in [0.1, 0.15) is 18.3 Å². The standard InChI is InChI=1S/C18H30O4/c1-11(2)18-8-13-12(3)6-7-14(13)17(4,22-18)15(9-18)21-16(19)10-20-5/h11-15H,6-10H2,1-5H3/t12-,13?,14-,15?,17?,18?/m1/s1. The van der Waals surface area contributed by atoms with Gasteiger partial charge in [-0.05, 0) is 43.4 Å². The van der Waals surface area contributed by atoms with Crippen LogP contribution in [0.15, 0.2) is 0 Å². The molecule has 126 valence electrons. The third-order valence-corrected chi connectivity index (χ3v) is 6.68. The van der Waals surface area contributed by atoms with E-state index >= 15 is 0 Å². The van der Waals surface area contributed by atoms with Gasteiger partial charge in [-0.15, -0.1) is 0 Å². The summed E-state index contributed by atoms with van der Waals surface area (Å²) in [5, 5.41) is 0. The lowest BCUT2D eigenvalue weighted by Gasteiger charge is -2.48. The Balaban J connectivity index is 1.89. The molecule has 3 rings (SSSR count). The van der Waals surface area contributed by atoms with Crippen LogP contribution in [0.4, 0.5) is 0 Å². The zero-order chi connectivity index (χ0) is 16.1. The van der Waals surface area contributed by atoms with Crippen molar-refractivity contribution in [3.05, 3.63) is 0 Å². The summed E-state index contributed by atoms with van der Waals surface area (Å²) in [4.78, 5) is 12.0. The third-order valence-electron chi connectivity index (χ3n) is 6.68. The average molecular weight is 310 g/mol. The predicted molar refractivity (Wildman–Crippen MR) is 83.4 cm³/mol. The lowest BCUT2D eigenvalue weighted by atomic mass is 9.72. The normalized spacial score (nSPS) is 46.8. The number of esters is 1. The van der Waals surface area contributed by atoms with E-state index in [1.54, 1.807) is 0 Å². The fourth-order valence-electron chi connectivity index (χ4n) is 5.28. The molecule has 6 atom stereocenters. The van der Waals surface area contributed by atoms with Crippen molar-refractivity contribution >= 4 is 5.97 Å². The Morgan fingerprint density at radius 1 is 1.32 bits per heavy atom. The molecular weight excluding hydrogens is 280 g/mol. The van der Waals surface area contributed by atoms with E-state index in [9.17, 15) is 4.79 Å². The largest absolute Gasteiger partial charge is 0.457 e. The Morgan fingerprint density at radius 3 is 2.68 bits per heavy atom. The van der Waals surface area contributed by atoms with E-state index in [4.69, 9.17) is 14.2 Å². The van der Waals surface area contributed by atoms with Gasteiger partial charge in [0.25, 0.3) is 0 Å². The maximum atomic E-state index is 12.0. The highest BCUT2D eigenvalue weighted by Gasteiger charge is 2.66. The molecule has 0 aromatic carbocycles. The monoisotopic (exact) mass is 310 g/mol. The molecule has 1 aliphatic carbocycles. The summed E-state index contributed by atoms with van der Waals surface area (Å²) in [5.74, 6) is 2.13. The molecule has 2 aliphatic heterocycles. The van der Waals surface area contributed by atoms with Crippen molar-refractivity contribution in [3.8, 4) is 0 Å². The second-order valence-electron chi connectivity index (χ2n) is 8.15. The first-order valence-electron chi connectivity index (χ1n) is 8.71. The van der Waals surface area contributed by atoms with Crippen LogP contribution in [-0.4, -0.2) is 37.0 Å². The summed E-state index contributed by atoms with van der Waals surface area (Å²) in [6.07, 6.45) is 4.26. The van der Waals surface area contributed by atoms with Crippen LogP contribution in [0.2, 0.25) is 0 Å². The Labute approximate surface area is 133 Å². The average Bonchev–Trinajstić information content (AvgIpc) is 2.90. The van der Waals surface area contributed by atoms with Crippen molar-refractivity contribution in [1.29, 1.82) is 0 Å². The molecule has 2 heterocycles. The first kappa shape index (κ1) is 16.3. The number of rotatable bonds is 4. The molecule has 0 aromatic rings. The fourth-order valence-corrected chi connectivity index (χ4v) is 5.28. The molecule has 2 bridgehead atoms. The summed E-state index contributed by atoms with van der Waals surface area (Å²) in [6, 6.07) is 0. The van der Waals surface area contributed by atoms with Crippen molar-refractivity contribution in [2.75, 3.05) is 13.7 Å². The van der Waals surface area contributed by atoms with E-state index in [1.165, 1.54) is 20.0 Å². The highest BCUT2D eigenvalue weighted by atomic mass is 16.6. The molecule has 0 N–H and O–H groups in total. The fraction of sp³-hybridized carbons (Fsp3) is 0.944. The minimum atomic E-state index is -0.332. The molecule has 3 aliphatic rings. The minimum absolute atomic E-state index is 0.0196. The van der Waals surface area contributed by atoms with Crippen LogP contribution in [0.1, 0.15) is 53.4 Å². The van der Waals surface area contributed by atoms with Gasteiger partial charge in [0.15, 0.2) is 0 Å². The summed E-state index contributed by atoms with van der Waals surface area (Å²) >= 11 is 0. The van der Waals surface area contributed by atoms with Gasteiger partial charge in [-0.2, -0.15) is 0 Å². The van der Waals surface area contributed by atoms with Gasteiger partial charge in [0, 0.05) is 13.5 Å². The van der Waals surface area contributed by atoms with E-state index in [2.05, 4.69) is 27.7 Å². The van der Waals surface area contributed by atoms with Crippen molar-refractivity contribution in [1.82, 2.24) is 0 Å². The Bertz CT molecular complexity index is 448. The van der Waals surface area contributed by atoms with Crippen LogP contribution < -0.4 is 0 Å². The molecule has 2 saturated heterocycles. The predicted octanol–water partition coefficient (Wildman–Crippen LogP) is 3.18. The molecule has 4 nitrogen and oxygen atoms in total. The molecule has 0 aromatic heterocycles. The summed E-state index contributed by atoms with van der Waals surface area (Å²) < 4.78 is 17.4. The van der Waals surface area contributed by atoms with Crippen LogP contribution in [0, 0.1) is 23.7 Å². The van der Waals surface area contributed by atoms with E-state index in [0.29, 0.717) is 17.8 Å². The number of hydrogen-bond acceptors (Lipinski definition) is 4. The van der Waals surface area contributed by atoms with Gasteiger partial charge < -0.3 is 14.2 Å². The van der Waals surface area contributed by atoms with Gasteiger partial charge in [-0.1, -0.05) is 27.2 Å². The second-order valence-corrected chi connectivity index (χ2v) is 8.15. The Kier molecular flexibility index (Phi) is 4.05. The van der Waals surface area contributed by atoms with Gasteiger partial charge in [-0.25, -0.2) is 4.79 Å². The van der Waals surface area contributed by atoms with Crippen LogP contribution in [0.25, 0.3) is 0 Å². The lowest BCUT2D eigenvalue weighted by Crippen LogP contribution is -2.53. The van der Waals surface area contributed by atoms with Gasteiger partial charge in [0.2, 0.25) is 0 Å². The highest BCUT2D eigenvalue weighted by molar-refractivity contribution is 5.71. The maximum Gasteiger partial charge on any atom is 0.332 e. The second kappa shape index (κ2) is 5.48. The number of methoxy groups -OCH3 is 1. The first-order valence-corrected chi connectivity index (χ1v) is 8.71. The SMILES string of the molecule is COCC(=O)OC1CC2(C(C)C)CC3[C@H](C)CC[C@H]3C1(C)O2. The third kappa shape index (κ3) is 2.30. The van der Waals surface area contributed by atoms with Crippen molar-refractivity contribution in [3.63, 3.8) is 0 Å². The highest BCUT2D eigenvalue weighted by Crippen LogP contribution is 2.62. The molecule has 22 heavy (non-hydrogen) atoms. The molecule has 4 unspecified atom stereocenters. The summed E-state index contributed by atoms with van der Waals surface area (Å²) in [5.41, 5.74) is -0.464. The van der Waals surface area contributed by atoms with E-state index < -0.39 is 0 Å². The van der Waals surface area contributed by atoms with Crippen molar-refractivity contribution in [2.24, 2.45) is 23.7 Å². The molecule has 0 radical (unpaired) electrons. The molecule has 0 spiro atoms. The number of hydrogen-bond donors (Lipinski definition) is 0. The summed E-state index contributed by atoms with van der Waals surface area (Å²) in [6.45, 7) is 9.04. The van der Waals surface area contributed by atoms with Crippen LogP contribution >= 0.6 is 0 Å². The topological polar surface area (TPSA) is 44.8 Å². The van der Waals surface area contributed by atoms with E-state index in [0.717, 1.165) is 18.8 Å². The van der Waals surface area contributed by atoms with Crippen molar-refractivity contribution < 1.29 is 19.0 Å². The quantitative estimate of drug-likeness (QED) is 0.748. The zero-order valence-corrected chi connectivity index (χ0v) is 14.6. The molecule has 4 heteroatoms. The van der Waals surface area contributed by atoms with Gasteiger partial charge >= 0.3 is 5.97 Å². The first-order chi connectivity index (χ1) is 10.3. The number of carbonyl (C=O) groups excluding carboxylic acids is 1. The van der Waals surface area contributed by atoms with E-state index in [-0.39, 0.29) is 29.9 Å². The zero-order valence-electron chi connectivity index (χ0n) is 14.6.